The highest BCUT2D eigenvalue weighted by Crippen LogP contribution is 2.43. The molecule has 7 nitrogen and oxygen atoms in total. The van der Waals surface area contributed by atoms with Gasteiger partial charge in [-0.15, -0.1) is 0 Å². The summed E-state index contributed by atoms with van der Waals surface area (Å²) in [4.78, 5) is 10.1. The van der Waals surface area contributed by atoms with E-state index in [1.807, 2.05) is 6.92 Å². The molecular formula is C14H18N2O5S. The van der Waals surface area contributed by atoms with E-state index in [-0.39, 0.29) is 16.7 Å². The molecule has 1 aromatic carbocycles. The molecule has 0 radical (unpaired) electrons. The molecule has 1 heterocycles. The van der Waals surface area contributed by atoms with Gasteiger partial charge in [-0.2, -0.15) is 0 Å². The van der Waals surface area contributed by atoms with E-state index in [2.05, 4.69) is 4.72 Å². The first-order valence-electron chi connectivity index (χ1n) is 7.22. The van der Waals surface area contributed by atoms with Gasteiger partial charge in [0.15, 0.2) is 0 Å². The fourth-order valence-electron chi connectivity index (χ4n) is 3.02. The van der Waals surface area contributed by atoms with Crippen molar-refractivity contribution in [3.8, 4) is 0 Å². The molecule has 1 saturated heterocycles. The summed E-state index contributed by atoms with van der Waals surface area (Å²) in [6, 6.07) is 5.08. The largest absolute Gasteiger partial charge is 0.376 e. The standard InChI is InChI=1S/C14H18N2O5S/c1-14(7-8-21-13(14)10-5-6-10)15-22(19,20)12-4-2-3-11(9-12)16(17)18/h2-4,9-10,13,15H,5-8H2,1H3/t13-,14+/m0/s1. The number of nitrogens with one attached hydrogen (secondary N) is 1. The number of sulfonamides is 1. The molecular weight excluding hydrogens is 308 g/mol. The minimum atomic E-state index is -3.83. The normalized spacial score (nSPS) is 28.7. The molecule has 1 aliphatic heterocycles. The van der Waals surface area contributed by atoms with Crippen LogP contribution in [0.5, 0.6) is 0 Å². The highest BCUT2D eigenvalue weighted by molar-refractivity contribution is 7.89. The van der Waals surface area contributed by atoms with Gasteiger partial charge >= 0.3 is 0 Å². The van der Waals surface area contributed by atoms with Crippen LogP contribution < -0.4 is 4.72 Å². The van der Waals surface area contributed by atoms with E-state index in [0.717, 1.165) is 18.9 Å². The van der Waals surface area contributed by atoms with Gasteiger partial charge in [0, 0.05) is 18.7 Å². The number of hydrogen-bond acceptors (Lipinski definition) is 5. The molecule has 0 aromatic heterocycles. The second-order valence-electron chi connectivity index (χ2n) is 6.16. The van der Waals surface area contributed by atoms with Crippen molar-refractivity contribution >= 4 is 15.7 Å². The van der Waals surface area contributed by atoms with Crippen molar-refractivity contribution in [1.29, 1.82) is 0 Å². The van der Waals surface area contributed by atoms with Gasteiger partial charge in [-0.25, -0.2) is 13.1 Å². The Bertz CT molecular complexity index is 701. The van der Waals surface area contributed by atoms with Crippen LogP contribution >= 0.6 is 0 Å². The molecule has 1 aromatic rings. The van der Waals surface area contributed by atoms with E-state index in [0.29, 0.717) is 18.9 Å². The minimum absolute atomic E-state index is 0.0932. The highest BCUT2D eigenvalue weighted by Gasteiger charge is 2.50. The fraction of sp³-hybridized carbons (Fsp3) is 0.571. The Morgan fingerprint density at radius 1 is 1.41 bits per heavy atom. The van der Waals surface area contributed by atoms with Crippen molar-refractivity contribution in [1.82, 2.24) is 4.72 Å². The number of non-ortho nitro benzene ring substituents is 1. The molecule has 0 spiro atoms. The molecule has 1 N–H and O–H groups in total. The second-order valence-corrected chi connectivity index (χ2v) is 7.84. The number of ether oxygens (including phenoxy) is 1. The van der Waals surface area contributed by atoms with Gasteiger partial charge < -0.3 is 4.74 Å². The number of nitrogens with zero attached hydrogens (tertiary/aromatic N) is 1. The predicted octanol–water partition coefficient (Wildman–Crippen LogP) is 1.83. The second kappa shape index (κ2) is 5.29. The summed E-state index contributed by atoms with van der Waals surface area (Å²) in [5, 5.41) is 10.8. The highest BCUT2D eigenvalue weighted by atomic mass is 32.2. The van der Waals surface area contributed by atoms with Crippen molar-refractivity contribution in [3.63, 3.8) is 0 Å². The lowest BCUT2D eigenvalue weighted by molar-refractivity contribution is -0.385. The molecule has 1 saturated carbocycles. The maximum atomic E-state index is 12.6. The van der Waals surface area contributed by atoms with E-state index < -0.39 is 20.5 Å². The van der Waals surface area contributed by atoms with Crippen LogP contribution in [0.4, 0.5) is 5.69 Å². The van der Waals surface area contributed by atoms with E-state index in [1.54, 1.807) is 0 Å². The molecule has 22 heavy (non-hydrogen) atoms. The molecule has 1 aliphatic carbocycles. The van der Waals surface area contributed by atoms with Crippen LogP contribution in [-0.4, -0.2) is 31.6 Å². The lowest BCUT2D eigenvalue weighted by Crippen LogP contribution is -2.52. The van der Waals surface area contributed by atoms with E-state index in [4.69, 9.17) is 4.74 Å². The molecule has 2 fully saturated rings. The van der Waals surface area contributed by atoms with Crippen LogP contribution in [0.2, 0.25) is 0 Å². The van der Waals surface area contributed by atoms with Crippen LogP contribution in [-0.2, 0) is 14.8 Å². The van der Waals surface area contributed by atoms with Crippen LogP contribution in [0.3, 0.4) is 0 Å². The van der Waals surface area contributed by atoms with Gasteiger partial charge in [-0.05, 0) is 38.2 Å². The molecule has 0 amide bonds. The lowest BCUT2D eigenvalue weighted by atomic mass is 9.92. The predicted molar refractivity (Wildman–Crippen MR) is 78.9 cm³/mol. The Hall–Kier alpha value is -1.51. The summed E-state index contributed by atoms with van der Waals surface area (Å²) in [7, 11) is -3.83. The lowest BCUT2D eigenvalue weighted by Gasteiger charge is -2.30. The molecule has 2 atom stereocenters. The maximum absolute atomic E-state index is 12.6. The average molecular weight is 326 g/mol. The van der Waals surface area contributed by atoms with Gasteiger partial charge in [-0.1, -0.05) is 6.07 Å². The van der Waals surface area contributed by atoms with Crippen LogP contribution in [0, 0.1) is 16.0 Å². The monoisotopic (exact) mass is 326 g/mol. The third-order valence-corrected chi connectivity index (χ3v) is 5.91. The number of hydrogen-bond donors (Lipinski definition) is 1. The third-order valence-electron chi connectivity index (χ3n) is 4.30. The van der Waals surface area contributed by atoms with Gasteiger partial charge in [0.1, 0.15) is 0 Å². The summed E-state index contributed by atoms with van der Waals surface area (Å²) in [6.07, 6.45) is 2.58. The Balaban J connectivity index is 1.87. The Morgan fingerprint density at radius 2 is 2.14 bits per heavy atom. The first-order chi connectivity index (χ1) is 10.3. The maximum Gasteiger partial charge on any atom is 0.270 e. The van der Waals surface area contributed by atoms with Crippen LogP contribution in [0.25, 0.3) is 0 Å². The quantitative estimate of drug-likeness (QED) is 0.657. The molecule has 0 unspecified atom stereocenters. The van der Waals surface area contributed by atoms with E-state index in [9.17, 15) is 18.5 Å². The zero-order valence-corrected chi connectivity index (χ0v) is 13.0. The Morgan fingerprint density at radius 3 is 2.77 bits per heavy atom. The molecule has 8 heteroatoms. The van der Waals surface area contributed by atoms with Gasteiger partial charge in [0.05, 0.1) is 21.5 Å². The molecule has 2 aliphatic rings. The topological polar surface area (TPSA) is 98.5 Å². The van der Waals surface area contributed by atoms with Gasteiger partial charge in [0.25, 0.3) is 5.69 Å². The number of nitro groups is 1. The van der Waals surface area contributed by atoms with Crippen molar-refractivity contribution in [3.05, 3.63) is 34.4 Å². The van der Waals surface area contributed by atoms with Crippen LogP contribution in [0.1, 0.15) is 26.2 Å². The van der Waals surface area contributed by atoms with Crippen molar-refractivity contribution < 1.29 is 18.1 Å². The van der Waals surface area contributed by atoms with Crippen molar-refractivity contribution in [2.45, 2.75) is 42.7 Å². The summed E-state index contributed by atoms with van der Waals surface area (Å²) >= 11 is 0. The zero-order chi connectivity index (χ0) is 16.0. The third kappa shape index (κ3) is 2.86. The van der Waals surface area contributed by atoms with Crippen molar-refractivity contribution in [2.75, 3.05) is 6.61 Å². The van der Waals surface area contributed by atoms with Gasteiger partial charge in [-0.3, -0.25) is 10.1 Å². The zero-order valence-electron chi connectivity index (χ0n) is 12.2. The summed E-state index contributed by atoms with van der Waals surface area (Å²) in [5.74, 6) is 0.403. The van der Waals surface area contributed by atoms with Gasteiger partial charge in [0.2, 0.25) is 10.0 Å². The molecule has 3 rings (SSSR count). The number of rotatable bonds is 5. The fourth-order valence-corrected chi connectivity index (χ4v) is 4.50. The number of nitro benzene ring substituents is 1. The average Bonchev–Trinajstić information content (AvgIpc) is 3.22. The molecule has 120 valence electrons. The minimum Gasteiger partial charge on any atom is -0.376 e. The Labute approximate surface area is 128 Å². The first-order valence-corrected chi connectivity index (χ1v) is 8.70. The SMILES string of the molecule is C[C@@]1(NS(=O)(=O)c2cccc([N+](=O)[O-])c2)CCO[C@H]1C1CC1. The summed E-state index contributed by atoms with van der Waals surface area (Å²) in [6.45, 7) is 2.37. The van der Waals surface area contributed by atoms with Crippen LogP contribution in [0.15, 0.2) is 29.2 Å². The summed E-state index contributed by atoms with van der Waals surface area (Å²) < 4.78 is 33.5. The van der Waals surface area contributed by atoms with E-state index in [1.165, 1.54) is 18.2 Å². The number of benzene rings is 1. The van der Waals surface area contributed by atoms with E-state index >= 15 is 0 Å². The Kier molecular flexibility index (Phi) is 3.70. The smallest absolute Gasteiger partial charge is 0.270 e. The first kappa shape index (κ1) is 15.4. The van der Waals surface area contributed by atoms with Crippen molar-refractivity contribution in [2.24, 2.45) is 5.92 Å². The summed E-state index contributed by atoms with van der Waals surface area (Å²) in [5.41, 5.74) is -0.903. The molecule has 0 bridgehead atoms.